The van der Waals surface area contributed by atoms with E-state index < -0.39 is 0 Å². The normalized spacial score (nSPS) is 13.9. The predicted molar refractivity (Wildman–Crippen MR) is 91.9 cm³/mol. The molecule has 1 aliphatic rings. The number of aryl methyl sites for hydroxylation is 4. The van der Waals surface area contributed by atoms with E-state index in [4.69, 9.17) is 0 Å². The van der Waals surface area contributed by atoms with E-state index >= 15 is 0 Å². The van der Waals surface area contributed by atoms with E-state index in [-0.39, 0.29) is 5.91 Å². The Bertz CT molecular complexity index is 716. The predicted octanol–water partition coefficient (Wildman–Crippen LogP) is 2.95. The van der Waals surface area contributed by atoms with Crippen LogP contribution < -0.4 is 5.32 Å². The van der Waals surface area contributed by atoms with E-state index in [2.05, 4.69) is 22.3 Å². The molecule has 0 aromatic carbocycles. The Kier molecular flexibility index (Phi) is 4.80. The van der Waals surface area contributed by atoms with Gasteiger partial charge in [0, 0.05) is 17.5 Å². The first-order valence-corrected chi connectivity index (χ1v) is 9.20. The molecule has 6 heteroatoms. The van der Waals surface area contributed by atoms with Crippen molar-refractivity contribution in [2.45, 2.75) is 58.9 Å². The number of nitrogens with one attached hydrogen (secondary N) is 1. The van der Waals surface area contributed by atoms with Gasteiger partial charge in [-0.3, -0.25) is 9.48 Å². The van der Waals surface area contributed by atoms with Gasteiger partial charge in [-0.25, -0.2) is 4.98 Å². The van der Waals surface area contributed by atoms with Gasteiger partial charge in [-0.15, -0.1) is 11.3 Å². The zero-order valence-electron chi connectivity index (χ0n) is 14.1. The first-order valence-electron chi connectivity index (χ1n) is 8.38. The summed E-state index contributed by atoms with van der Waals surface area (Å²) in [6, 6.07) is 0. The van der Waals surface area contributed by atoms with Crippen LogP contribution in [0.3, 0.4) is 0 Å². The third kappa shape index (κ3) is 3.32. The van der Waals surface area contributed by atoms with Crippen molar-refractivity contribution in [2.24, 2.45) is 7.05 Å². The molecule has 1 N–H and O–H groups in total. The molecule has 0 bridgehead atoms. The van der Waals surface area contributed by atoms with Crippen molar-refractivity contribution < 1.29 is 4.79 Å². The zero-order valence-corrected chi connectivity index (χ0v) is 14.9. The number of carbonyl (C=O) groups is 1. The van der Waals surface area contributed by atoms with E-state index in [1.807, 2.05) is 14.0 Å². The molecule has 0 spiro atoms. The maximum atomic E-state index is 12.6. The van der Waals surface area contributed by atoms with Crippen LogP contribution in [-0.2, 0) is 32.9 Å². The fraction of sp³-hybridized carbons (Fsp3) is 0.588. The average molecular weight is 332 g/mol. The molecule has 23 heavy (non-hydrogen) atoms. The summed E-state index contributed by atoms with van der Waals surface area (Å²) in [5.74, 6) is -0.0204. The number of hydrogen-bond donors (Lipinski definition) is 1. The third-order valence-electron chi connectivity index (χ3n) is 4.34. The molecule has 0 aliphatic heterocycles. The van der Waals surface area contributed by atoms with Gasteiger partial charge in [0.2, 0.25) is 0 Å². The Hall–Kier alpha value is -1.69. The van der Waals surface area contributed by atoms with Crippen LogP contribution in [0.1, 0.15) is 63.5 Å². The summed E-state index contributed by atoms with van der Waals surface area (Å²) in [5, 5.41) is 8.74. The van der Waals surface area contributed by atoms with Gasteiger partial charge in [-0.2, -0.15) is 5.10 Å². The minimum Gasteiger partial charge on any atom is -0.346 e. The highest BCUT2D eigenvalue weighted by Gasteiger charge is 2.23. The Balaban J connectivity index is 1.72. The van der Waals surface area contributed by atoms with Crippen LogP contribution in [-0.4, -0.2) is 20.7 Å². The number of amides is 1. The molecule has 2 aromatic rings. The lowest BCUT2D eigenvalue weighted by molar-refractivity contribution is 0.0940. The largest absolute Gasteiger partial charge is 0.346 e. The lowest BCUT2D eigenvalue weighted by Crippen LogP contribution is -2.26. The minimum atomic E-state index is -0.0204. The van der Waals surface area contributed by atoms with Gasteiger partial charge in [-0.1, -0.05) is 6.92 Å². The molecule has 124 valence electrons. The molecule has 0 saturated carbocycles. The summed E-state index contributed by atoms with van der Waals surface area (Å²) in [6.07, 6.45) is 6.38. The SMILES string of the molecule is CCCc1nc(C)c(CNC(=O)c2c3c(nn2C)CCCC3)s1. The van der Waals surface area contributed by atoms with Gasteiger partial charge in [0.15, 0.2) is 0 Å². The number of aromatic nitrogens is 3. The quantitative estimate of drug-likeness (QED) is 0.916. The maximum absolute atomic E-state index is 12.6. The summed E-state index contributed by atoms with van der Waals surface area (Å²) in [4.78, 5) is 18.4. The molecule has 5 nitrogen and oxygen atoms in total. The van der Waals surface area contributed by atoms with Crippen molar-refractivity contribution in [3.8, 4) is 0 Å². The maximum Gasteiger partial charge on any atom is 0.270 e. The highest BCUT2D eigenvalue weighted by molar-refractivity contribution is 7.11. The van der Waals surface area contributed by atoms with Gasteiger partial charge in [0.1, 0.15) is 5.69 Å². The van der Waals surface area contributed by atoms with E-state index in [0.717, 1.165) is 64.6 Å². The fourth-order valence-corrected chi connectivity index (χ4v) is 4.29. The van der Waals surface area contributed by atoms with E-state index in [0.29, 0.717) is 6.54 Å². The van der Waals surface area contributed by atoms with E-state index in [1.165, 1.54) is 6.42 Å². The van der Waals surface area contributed by atoms with Crippen molar-refractivity contribution in [1.82, 2.24) is 20.1 Å². The smallest absolute Gasteiger partial charge is 0.270 e. The highest BCUT2D eigenvalue weighted by Crippen LogP contribution is 2.24. The molecule has 2 aromatic heterocycles. The molecule has 1 amide bonds. The van der Waals surface area contributed by atoms with Gasteiger partial charge < -0.3 is 5.32 Å². The summed E-state index contributed by atoms with van der Waals surface area (Å²) in [7, 11) is 1.87. The van der Waals surface area contributed by atoms with Gasteiger partial charge in [-0.05, 0) is 45.4 Å². The molecule has 2 heterocycles. The molecule has 0 saturated heterocycles. The minimum absolute atomic E-state index is 0.0204. The Labute approximate surface area is 141 Å². The monoisotopic (exact) mass is 332 g/mol. The van der Waals surface area contributed by atoms with Gasteiger partial charge in [0.25, 0.3) is 5.91 Å². The second-order valence-electron chi connectivity index (χ2n) is 6.15. The topological polar surface area (TPSA) is 59.8 Å². The number of fused-ring (bicyclic) bond motifs is 1. The molecule has 1 aliphatic carbocycles. The second-order valence-corrected chi connectivity index (χ2v) is 7.32. The Morgan fingerprint density at radius 2 is 2.13 bits per heavy atom. The van der Waals surface area contributed by atoms with Crippen LogP contribution >= 0.6 is 11.3 Å². The van der Waals surface area contributed by atoms with Crippen LogP contribution in [0.2, 0.25) is 0 Å². The molecule has 0 atom stereocenters. The number of carbonyl (C=O) groups excluding carboxylic acids is 1. The van der Waals surface area contributed by atoms with Crippen molar-refractivity contribution >= 4 is 17.2 Å². The highest BCUT2D eigenvalue weighted by atomic mass is 32.1. The first-order chi connectivity index (χ1) is 11.1. The fourth-order valence-electron chi connectivity index (χ4n) is 3.18. The van der Waals surface area contributed by atoms with Crippen LogP contribution in [0.4, 0.5) is 0 Å². The van der Waals surface area contributed by atoms with Crippen molar-refractivity contribution in [1.29, 1.82) is 0 Å². The number of hydrogen-bond acceptors (Lipinski definition) is 4. The van der Waals surface area contributed by atoms with Crippen molar-refractivity contribution in [3.05, 3.63) is 32.5 Å². The molecular weight excluding hydrogens is 308 g/mol. The number of rotatable bonds is 5. The van der Waals surface area contributed by atoms with Crippen LogP contribution in [0.5, 0.6) is 0 Å². The number of thiazole rings is 1. The summed E-state index contributed by atoms with van der Waals surface area (Å²) in [5.41, 5.74) is 4.01. The average Bonchev–Trinajstić information content (AvgIpc) is 3.04. The lowest BCUT2D eigenvalue weighted by Gasteiger charge is -2.11. The van der Waals surface area contributed by atoms with Gasteiger partial charge in [0.05, 0.1) is 22.9 Å². The molecular formula is C17H24N4OS. The molecule has 0 unspecified atom stereocenters. The summed E-state index contributed by atoms with van der Waals surface area (Å²) >= 11 is 1.71. The molecule has 3 rings (SSSR count). The van der Waals surface area contributed by atoms with Crippen LogP contribution in [0, 0.1) is 6.92 Å². The summed E-state index contributed by atoms with van der Waals surface area (Å²) < 4.78 is 1.74. The Morgan fingerprint density at radius 1 is 1.35 bits per heavy atom. The second kappa shape index (κ2) is 6.83. The van der Waals surface area contributed by atoms with Crippen molar-refractivity contribution in [3.63, 3.8) is 0 Å². The first kappa shape index (κ1) is 16.2. The summed E-state index contributed by atoms with van der Waals surface area (Å²) in [6.45, 7) is 4.72. The van der Waals surface area contributed by atoms with Crippen LogP contribution in [0.15, 0.2) is 0 Å². The lowest BCUT2D eigenvalue weighted by atomic mass is 9.95. The Morgan fingerprint density at radius 3 is 2.91 bits per heavy atom. The van der Waals surface area contributed by atoms with Gasteiger partial charge >= 0.3 is 0 Å². The van der Waals surface area contributed by atoms with Crippen molar-refractivity contribution in [2.75, 3.05) is 0 Å². The van der Waals surface area contributed by atoms with Crippen LogP contribution in [0.25, 0.3) is 0 Å². The third-order valence-corrected chi connectivity index (χ3v) is 5.56. The van der Waals surface area contributed by atoms with E-state index in [1.54, 1.807) is 16.0 Å². The molecule has 0 fully saturated rings. The number of nitrogens with zero attached hydrogens (tertiary/aromatic N) is 3. The van der Waals surface area contributed by atoms with E-state index in [9.17, 15) is 4.79 Å². The molecule has 0 radical (unpaired) electrons. The standard InChI is InChI=1S/C17H24N4OS/c1-4-7-15-19-11(2)14(23-15)10-18-17(22)16-12-8-5-6-9-13(12)20-21(16)3/h4-10H2,1-3H3,(H,18,22). The zero-order chi connectivity index (χ0) is 16.4.